The predicted octanol–water partition coefficient (Wildman–Crippen LogP) is 1.55. The van der Waals surface area contributed by atoms with Crippen LogP contribution in [-0.2, 0) is 6.54 Å². The zero-order chi connectivity index (χ0) is 17.8. The van der Waals surface area contributed by atoms with Crippen LogP contribution in [0.25, 0.3) is 5.82 Å². The van der Waals surface area contributed by atoms with E-state index < -0.39 is 0 Å². The highest BCUT2D eigenvalue weighted by Crippen LogP contribution is 2.11. The van der Waals surface area contributed by atoms with Crippen LogP contribution in [-0.4, -0.2) is 40.2 Å². The largest absolute Gasteiger partial charge is 0.333 e. The number of anilines is 1. The van der Waals surface area contributed by atoms with Crippen LogP contribution in [0.1, 0.15) is 15.9 Å². The van der Waals surface area contributed by atoms with Crippen molar-refractivity contribution < 1.29 is 4.79 Å². The Bertz CT molecular complexity index is 994. The summed E-state index contributed by atoms with van der Waals surface area (Å²) in [7, 11) is 0. The van der Waals surface area contributed by atoms with Crippen molar-refractivity contribution in [1.82, 2.24) is 34.3 Å². The molecule has 4 aromatic rings. The van der Waals surface area contributed by atoms with Crippen molar-refractivity contribution in [2.75, 3.05) is 5.32 Å². The minimum absolute atomic E-state index is 0.248. The molecule has 0 radical (unpaired) electrons. The molecule has 0 unspecified atom stereocenters. The lowest BCUT2D eigenvalue weighted by molar-refractivity contribution is 0.102. The number of nitrogens with zero attached hydrogens (tertiary/aromatic N) is 7. The van der Waals surface area contributed by atoms with Gasteiger partial charge in [0.05, 0.1) is 6.33 Å². The fraction of sp³-hybridized carbons (Fsp3) is 0.0588. The molecule has 0 atom stereocenters. The van der Waals surface area contributed by atoms with Gasteiger partial charge in [-0.05, 0) is 17.7 Å². The molecule has 0 bridgehead atoms. The molecule has 26 heavy (non-hydrogen) atoms. The van der Waals surface area contributed by atoms with Gasteiger partial charge in [-0.25, -0.2) is 24.6 Å². The maximum atomic E-state index is 12.4. The number of nitrogens with one attached hydrogen (secondary N) is 1. The highest BCUT2D eigenvalue weighted by Gasteiger charge is 2.09. The van der Waals surface area contributed by atoms with Gasteiger partial charge >= 0.3 is 0 Å². The van der Waals surface area contributed by atoms with Gasteiger partial charge in [-0.15, -0.1) is 0 Å². The van der Waals surface area contributed by atoms with Crippen molar-refractivity contribution in [2.45, 2.75) is 6.54 Å². The lowest BCUT2D eigenvalue weighted by Crippen LogP contribution is -2.14. The summed E-state index contributed by atoms with van der Waals surface area (Å²) in [6, 6.07) is 9.01. The van der Waals surface area contributed by atoms with Crippen LogP contribution in [0.4, 0.5) is 5.82 Å². The van der Waals surface area contributed by atoms with E-state index in [2.05, 4.69) is 30.4 Å². The minimum Gasteiger partial charge on any atom is -0.333 e. The normalized spacial score (nSPS) is 10.6. The average Bonchev–Trinajstić information content (AvgIpc) is 3.37. The Morgan fingerprint density at radius 2 is 1.92 bits per heavy atom. The van der Waals surface area contributed by atoms with Gasteiger partial charge in [-0.1, -0.05) is 12.1 Å². The van der Waals surface area contributed by atoms with Crippen LogP contribution in [0.2, 0.25) is 0 Å². The van der Waals surface area contributed by atoms with Gasteiger partial charge in [0.15, 0.2) is 5.82 Å². The summed E-state index contributed by atoms with van der Waals surface area (Å²) >= 11 is 0. The summed E-state index contributed by atoms with van der Waals surface area (Å²) < 4.78 is 3.45. The topological polar surface area (TPSA) is 103 Å². The lowest BCUT2D eigenvalue weighted by Gasteiger charge is -2.07. The van der Waals surface area contributed by atoms with Crippen molar-refractivity contribution in [1.29, 1.82) is 0 Å². The molecule has 3 aromatic heterocycles. The number of amides is 1. The Labute approximate surface area is 148 Å². The van der Waals surface area contributed by atoms with Gasteiger partial charge in [0.2, 0.25) is 0 Å². The standard InChI is InChI=1S/C17H14N8O/c26-17(14-3-1-13(2-4-14)8-24-6-5-18-11-24)23-15-7-16(21-10-20-15)25-12-19-9-22-25/h1-7,9-12H,8H2,(H,20,21,23,26). The van der Waals surface area contributed by atoms with Gasteiger partial charge in [0.1, 0.15) is 24.8 Å². The van der Waals surface area contributed by atoms with Crippen molar-refractivity contribution in [3.63, 3.8) is 0 Å². The number of hydrogen-bond acceptors (Lipinski definition) is 6. The summed E-state index contributed by atoms with van der Waals surface area (Å²) in [5.41, 5.74) is 1.62. The van der Waals surface area contributed by atoms with Crippen molar-refractivity contribution >= 4 is 11.7 Å². The molecule has 3 heterocycles. The summed E-state index contributed by atoms with van der Waals surface area (Å²) in [5, 5.41) is 6.76. The fourth-order valence-corrected chi connectivity index (χ4v) is 2.41. The van der Waals surface area contributed by atoms with Gasteiger partial charge < -0.3 is 9.88 Å². The Hall–Kier alpha value is -3.88. The molecular weight excluding hydrogens is 332 g/mol. The minimum atomic E-state index is -0.248. The number of aromatic nitrogens is 7. The number of rotatable bonds is 5. The third-order valence-corrected chi connectivity index (χ3v) is 3.69. The number of carbonyl (C=O) groups excluding carboxylic acids is 1. The molecule has 9 heteroatoms. The molecule has 1 amide bonds. The van der Waals surface area contributed by atoms with Crippen LogP contribution < -0.4 is 5.32 Å². The molecule has 0 spiro atoms. The van der Waals surface area contributed by atoms with Gasteiger partial charge in [-0.2, -0.15) is 5.10 Å². The van der Waals surface area contributed by atoms with E-state index in [-0.39, 0.29) is 5.91 Å². The summed E-state index contributed by atoms with van der Waals surface area (Å²) in [6.07, 6.45) is 9.67. The van der Waals surface area contributed by atoms with E-state index >= 15 is 0 Å². The van der Waals surface area contributed by atoms with E-state index in [0.717, 1.165) is 5.56 Å². The molecule has 0 saturated heterocycles. The smallest absolute Gasteiger partial charge is 0.256 e. The summed E-state index contributed by atoms with van der Waals surface area (Å²) in [6.45, 7) is 0.703. The average molecular weight is 346 g/mol. The molecule has 1 aromatic carbocycles. The first-order valence-corrected chi connectivity index (χ1v) is 7.81. The summed E-state index contributed by atoms with van der Waals surface area (Å²) in [4.78, 5) is 28.5. The highest BCUT2D eigenvalue weighted by molar-refractivity contribution is 6.03. The van der Waals surface area contributed by atoms with Crippen LogP contribution in [0.3, 0.4) is 0 Å². The molecule has 0 saturated carbocycles. The SMILES string of the molecule is O=C(Nc1cc(-n2cncn2)ncn1)c1ccc(Cn2ccnc2)cc1. The van der Waals surface area contributed by atoms with Crippen molar-refractivity contribution in [2.24, 2.45) is 0 Å². The Morgan fingerprint density at radius 3 is 2.65 bits per heavy atom. The first kappa shape index (κ1) is 15.6. The van der Waals surface area contributed by atoms with E-state index in [4.69, 9.17) is 0 Å². The molecule has 0 aliphatic heterocycles. The van der Waals surface area contributed by atoms with E-state index in [0.29, 0.717) is 23.7 Å². The van der Waals surface area contributed by atoms with Gasteiger partial charge in [0, 0.05) is 30.6 Å². The second-order valence-corrected chi connectivity index (χ2v) is 5.49. The van der Waals surface area contributed by atoms with E-state index in [1.165, 1.54) is 23.7 Å². The Kier molecular flexibility index (Phi) is 4.17. The zero-order valence-corrected chi connectivity index (χ0v) is 13.6. The van der Waals surface area contributed by atoms with Crippen LogP contribution >= 0.6 is 0 Å². The van der Waals surface area contributed by atoms with E-state index in [9.17, 15) is 4.79 Å². The fourth-order valence-electron chi connectivity index (χ4n) is 2.41. The second kappa shape index (κ2) is 6.93. The van der Waals surface area contributed by atoms with Crippen molar-refractivity contribution in [3.8, 4) is 5.82 Å². The van der Waals surface area contributed by atoms with Gasteiger partial charge in [0.25, 0.3) is 5.91 Å². The first-order chi connectivity index (χ1) is 12.8. The lowest BCUT2D eigenvalue weighted by atomic mass is 10.1. The number of imidazole rings is 1. The van der Waals surface area contributed by atoms with Crippen LogP contribution in [0.15, 0.2) is 68.0 Å². The summed E-state index contributed by atoms with van der Waals surface area (Å²) in [5.74, 6) is 0.656. The van der Waals surface area contributed by atoms with Crippen molar-refractivity contribution in [3.05, 3.63) is 79.2 Å². The highest BCUT2D eigenvalue weighted by atomic mass is 16.1. The van der Waals surface area contributed by atoms with E-state index in [1.54, 1.807) is 30.7 Å². The van der Waals surface area contributed by atoms with E-state index in [1.807, 2.05) is 22.9 Å². The molecule has 0 fully saturated rings. The van der Waals surface area contributed by atoms with Crippen LogP contribution in [0.5, 0.6) is 0 Å². The third-order valence-electron chi connectivity index (χ3n) is 3.69. The molecule has 128 valence electrons. The number of benzene rings is 1. The maximum absolute atomic E-state index is 12.4. The maximum Gasteiger partial charge on any atom is 0.256 e. The first-order valence-electron chi connectivity index (χ1n) is 7.81. The number of hydrogen-bond donors (Lipinski definition) is 1. The monoisotopic (exact) mass is 346 g/mol. The molecule has 0 aliphatic rings. The second-order valence-electron chi connectivity index (χ2n) is 5.49. The third kappa shape index (κ3) is 3.46. The predicted molar refractivity (Wildman–Crippen MR) is 92.7 cm³/mol. The molecule has 0 aliphatic carbocycles. The molecule has 1 N–H and O–H groups in total. The quantitative estimate of drug-likeness (QED) is 0.588. The molecule has 4 rings (SSSR count). The Balaban J connectivity index is 1.45. The van der Waals surface area contributed by atoms with Crippen LogP contribution in [0, 0.1) is 0 Å². The molecular formula is C17H14N8O. The van der Waals surface area contributed by atoms with Gasteiger partial charge in [-0.3, -0.25) is 4.79 Å². The zero-order valence-electron chi connectivity index (χ0n) is 13.6. The Morgan fingerprint density at radius 1 is 1.04 bits per heavy atom. The molecule has 9 nitrogen and oxygen atoms in total. The number of carbonyl (C=O) groups is 1.